The number of aromatic nitrogens is 2. The Morgan fingerprint density at radius 1 is 1.12 bits per heavy atom. The summed E-state index contributed by atoms with van der Waals surface area (Å²) in [5, 5.41) is 8.71. The maximum atomic E-state index is 12.3. The standard InChI is InChI=1S/C19H18ClN3O2/c1-23(13-14-6-5-9-16(20)12-14)18(24)11-10-17-21-22-19(25-17)15-7-3-2-4-8-15/h2-9,12H,10-11,13H2,1H3. The average molecular weight is 356 g/mol. The second kappa shape index (κ2) is 7.94. The molecule has 25 heavy (non-hydrogen) atoms. The van der Waals surface area contributed by atoms with Crippen molar-refractivity contribution in [2.24, 2.45) is 0 Å². The number of hydrogen-bond acceptors (Lipinski definition) is 4. The molecule has 0 aliphatic rings. The maximum absolute atomic E-state index is 12.3. The number of rotatable bonds is 6. The van der Waals surface area contributed by atoms with E-state index in [2.05, 4.69) is 10.2 Å². The van der Waals surface area contributed by atoms with Crippen LogP contribution in [-0.2, 0) is 17.8 Å². The van der Waals surface area contributed by atoms with E-state index in [0.717, 1.165) is 11.1 Å². The summed E-state index contributed by atoms with van der Waals surface area (Å²) in [4.78, 5) is 14.0. The third kappa shape index (κ3) is 4.67. The van der Waals surface area contributed by atoms with Gasteiger partial charge in [-0.2, -0.15) is 0 Å². The molecule has 0 aliphatic heterocycles. The topological polar surface area (TPSA) is 59.2 Å². The van der Waals surface area contributed by atoms with Crippen LogP contribution in [0.25, 0.3) is 11.5 Å². The van der Waals surface area contributed by atoms with Gasteiger partial charge in [0.1, 0.15) is 0 Å². The van der Waals surface area contributed by atoms with Gasteiger partial charge in [-0.25, -0.2) is 0 Å². The number of carbonyl (C=O) groups excluding carboxylic acids is 1. The molecule has 1 amide bonds. The maximum Gasteiger partial charge on any atom is 0.247 e. The van der Waals surface area contributed by atoms with Crippen LogP contribution in [0.1, 0.15) is 17.9 Å². The Hall–Kier alpha value is -2.66. The van der Waals surface area contributed by atoms with Crippen LogP contribution in [-0.4, -0.2) is 28.1 Å². The minimum atomic E-state index is 0.0134. The molecule has 3 aromatic rings. The third-order valence-corrected chi connectivity index (χ3v) is 4.01. The van der Waals surface area contributed by atoms with Crippen molar-refractivity contribution in [1.29, 1.82) is 0 Å². The molecule has 6 heteroatoms. The summed E-state index contributed by atoms with van der Waals surface area (Å²) in [7, 11) is 1.77. The van der Waals surface area contributed by atoms with Gasteiger partial charge in [-0.15, -0.1) is 10.2 Å². The summed E-state index contributed by atoms with van der Waals surface area (Å²) in [6.45, 7) is 0.512. The first kappa shape index (κ1) is 17.2. The number of amides is 1. The van der Waals surface area contributed by atoms with Crippen molar-refractivity contribution in [3.8, 4) is 11.5 Å². The number of nitrogens with zero attached hydrogens (tertiary/aromatic N) is 3. The van der Waals surface area contributed by atoms with E-state index in [9.17, 15) is 4.79 Å². The van der Waals surface area contributed by atoms with Crippen LogP contribution in [0.5, 0.6) is 0 Å². The van der Waals surface area contributed by atoms with Gasteiger partial charge < -0.3 is 9.32 Å². The van der Waals surface area contributed by atoms with E-state index >= 15 is 0 Å². The fourth-order valence-electron chi connectivity index (χ4n) is 2.45. The fraction of sp³-hybridized carbons (Fsp3) is 0.211. The molecule has 0 saturated carbocycles. The van der Waals surface area contributed by atoms with E-state index in [1.165, 1.54) is 0 Å². The molecule has 0 atom stereocenters. The zero-order valence-electron chi connectivity index (χ0n) is 13.9. The largest absolute Gasteiger partial charge is 0.421 e. The first-order valence-electron chi connectivity index (χ1n) is 7.98. The van der Waals surface area contributed by atoms with Crippen LogP contribution in [0.4, 0.5) is 0 Å². The average Bonchev–Trinajstić information content (AvgIpc) is 3.09. The van der Waals surface area contributed by atoms with Gasteiger partial charge in [0.2, 0.25) is 17.7 Å². The molecule has 128 valence electrons. The minimum absolute atomic E-state index is 0.0134. The molecular formula is C19H18ClN3O2. The van der Waals surface area contributed by atoms with Gasteiger partial charge in [-0.3, -0.25) is 4.79 Å². The van der Waals surface area contributed by atoms with E-state index in [1.54, 1.807) is 11.9 Å². The SMILES string of the molecule is CN(Cc1cccc(Cl)c1)C(=O)CCc1nnc(-c2ccccc2)o1. The van der Waals surface area contributed by atoms with Gasteiger partial charge in [0.05, 0.1) is 0 Å². The minimum Gasteiger partial charge on any atom is -0.421 e. The predicted molar refractivity (Wildman–Crippen MR) is 96.0 cm³/mol. The fourth-order valence-corrected chi connectivity index (χ4v) is 2.67. The first-order chi connectivity index (χ1) is 12.1. The van der Waals surface area contributed by atoms with Gasteiger partial charge >= 0.3 is 0 Å². The van der Waals surface area contributed by atoms with Crippen LogP contribution in [0.15, 0.2) is 59.0 Å². The Bertz CT molecular complexity index is 849. The second-order valence-corrected chi connectivity index (χ2v) is 6.18. The zero-order valence-corrected chi connectivity index (χ0v) is 14.6. The molecule has 3 rings (SSSR count). The Morgan fingerprint density at radius 3 is 2.68 bits per heavy atom. The molecule has 0 spiro atoms. The molecule has 1 aromatic heterocycles. The smallest absolute Gasteiger partial charge is 0.247 e. The summed E-state index contributed by atoms with van der Waals surface area (Å²) in [6, 6.07) is 17.0. The number of benzene rings is 2. The van der Waals surface area contributed by atoms with E-state index in [-0.39, 0.29) is 5.91 Å². The number of halogens is 1. The lowest BCUT2D eigenvalue weighted by Gasteiger charge is -2.17. The van der Waals surface area contributed by atoms with Crippen molar-refractivity contribution in [3.63, 3.8) is 0 Å². The number of hydrogen-bond donors (Lipinski definition) is 0. The van der Waals surface area contributed by atoms with Crippen molar-refractivity contribution in [3.05, 3.63) is 71.1 Å². The highest BCUT2D eigenvalue weighted by Gasteiger charge is 2.13. The summed E-state index contributed by atoms with van der Waals surface area (Å²) >= 11 is 5.97. The van der Waals surface area contributed by atoms with Crippen molar-refractivity contribution >= 4 is 17.5 Å². The molecule has 2 aromatic carbocycles. The lowest BCUT2D eigenvalue weighted by molar-refractivity contribution is -0.130. The summed E-state index contributed by atoms with van der Waals surface area (Å²) in [5.74, 6) is 0.943. The van der Waals surface area contributed by atoms with Crippen LogP contribution in [0.3, 0.4) is 0 Å². The van der Waals surface area contributed by atoms with Crippen LogP contribution >= 0.6 is 11.6 Å². The van der Waals surface area contributed by atoms with Crippen molar-refractivity contribution < 1.29 is 9.21 Å². The Kier molecular flexibility index (Phi) is 5.46. The molecule has 0 unspecified atom stereocenters. The molecule has 0 radical (unpaired) electrons. The van der Waals surface area contributed by atoms with Gasteiger partial charge in [-0.1, -0.05) is 41.9 Å². The van der Waals surface area contributed by atoms with Gasteiger partial charge in [0, 0.05) is 37.0 Å². The molecular weight excluding hydrogens is 338 g/mol. The van der Waals surface area contributed by atoms with Crippen molar-refractivity contribution in [2.45, 2.75) is 19.4 Å². The lowest BCUT2D eigenvalue weighted by Crippen LogP contribution is -2.26. The summed E-state index contributed by atoms with van der Waals surface area (Å²) in [5.41, 5.74) is 1.86. The highest BCUT2D eigenvalue weighted by Crippen LogP contribution is 2.18. The highest BCUT2D eigenvalue weighted by molar-refractivity contribution is 6.30. The van der Waals surface area contributed by atoms with Crippen LogP contribution in [0, 0.1) is 0 Å². The molecule has 0 fully saturated rings. The van der Waals surface area contributed by atoms with Crippen molar-refractivity contribution in [1.82, 2.24) is 15.1 Å². The Balaban J connectivity index is 1.54. The van der Waals surface area contributed by atoms with Gasteiger partial charge in [-0.05, 0) is 29.8 Å². The van der Waals surface area contributed by atoms with Gasteiger partial charge in [0.25, 0.3) is 0 Å². The molecule has 0 aliphatic carbocycles. The highest BCUT2D eigenvalue weighted by atomic mass is 35.5. The normalized spacial score (nSPS) is 10.6. The lowest BCUT2D eigenvalue weighted by atomic mass is 10.2. The molecule has 5 nitrogen and oxygen atoms in total. The van der Waals surface area contributed by atoms with E-state index in [4.69, 9.17) is 16.0 Å². The molecule has 0 saturated heterocycles. The number of carbonyl (C=O) groups is 1. The quantitative estimate of drug-likeness (QED) is 0.671. The number of aryl methyl sites for hydroxylation is 1. The Labute approximate surface area is 151 Å². The second-order valence-electron chi connectivity index (χ2n) is 5.75. The Morgan fingerprint density at radius 2 is 1.92 bits per heavy atom. The summed E-state index contributed by atoms with van der Waals surface area (Å²) < 4.78 is 5.62. The zero-order chi connectivity index (χ0) is 17.6. The first-order valence-corrected chi connectivity index (χ1v) is 8.36. The van der Waals surface area contributed by atoms with E-state index < -0.39 is 0 Å². The third-order valence-electron chi connectivity index (χ3n) is 3.77. The van der Waals surface area contributed by atoms with Crippen LogP contribution < -0.4 is 0 Å². The van der Waals surface area contributed by atoms with E-state index in [0.29, 0.717) is 36.2 Å². The van der Waals surface area contributed by atoms with Gasteiger partial charge in [0.15, 0.2) is 0 Å². The summed E-state index contributed by atoms with van der Waals surface area (Å²) in [6.07, 6.45) is 0.728. The molecule has 0 N–H and O–H groups in total. The molecule has 1 heterocycles. The predicted octanol–water partition coefficient (Wildman–Crippen LogP) is 3.98. The monoisotopic (exact) mass is 355 g/mol. The van der Waals surface area contributed by atoms with Crippen LogP contribution in [0.2, 0.25) is 5.02 Å². The van der Waals surface area contributed by atoms with Crippen molar-refractivity contribution in [2.75, 3.05) is 7.05 Å². The van der Waals surface area contributed by atoms with E-state index in [1.807, 2.05) is 54.6 Å². The molecule has 0 bridgehead atoms.